The summed E-state index contributed by atoms with van der Waals surface area (Å²) in [6.45, 7) is 3.33. The van der Waals surface area contributed by atoms with Crippen molar-refractivity contribution < 1.29 is 4.39 Å². The van der Waals surface area contributed by atoms with Gasteiger partial charge in [0.15, 0.2) is 0 Å². The predicted molar refractivity (Wildman–Crippen MR) is 92.2 cm³/mol. The number of benzene rings is 2. The Bertz CT molecular complexity index is 821. The van der Waals surface area contributed by atoms with Gasteiger partial charge in [-0.15, -0.1) is 0 Å². The maximum atomic E-state index is 13.5. The van der Waals surface area contributed by atoms with Crippen LogP contribution in [0.1, 0.15) is 35.6 Å². The average molecular weight is 320 g/mol. The number of hydrogen-bond donors (Lipinski definition) is 0. The fourth-order valence-electron chi connectivity index (χ4n) is 4.94. The molecule has 0 radical (unpaired) electrons. The Morgan fingerprint density at radius 1 is 1.21 bits per heavy atom. The largest absolute Gasteiger partial charge is 0.303 e. The molecule has 0 N–H and O–H groups in total. The second-order valence-electron chi connectivity index (χ2n) is 7.25. The van der Waals surface area contributed by atoms with Crippen molar-refractivity contribution in [3.05, 3.63) is 70.5 Å². The molecule has 1 fully saturated rings. The molecule has 3 heteroatoms. The molecule has 2 aromatic rings. The van der Waals surface area contributed by atoms with E-state index in [1.165, 1.54) is 16.7 Å². The number of fused-ring (bicyclic) bond motifs is 4. The Morgan fingerprint density at radius 2 is 1.96 bits per heavy atom. The molecule has 0 spiro atoms. The smallest absolute Gasteiger partial charge is 0.123 e. The van der Waals surface area contributed by atoms with Gasteiger partial charge in [-0.25, -0.2) is 4.39 Å². The molecular formula is C21H21FN2. The maximum absolute atomic E-state index is 13.5. The van der Waals surface area contributed by atoms with E-state index in [9.17, 15) is 9.65 Å². The standard InChI is InChI=1S/C21H21FN2/c1-14-20-12-16-4-3-15(13-23)11-19(16)21(14,9-10-24(20)2)17-5-7-18(22)8-6-17/h3-8,11,14,20H,9-10,12H2,1-2H3/t14?,20-,21-/m0/s1. The molecular weight excluding hydrogens is 299 g/mol. The van der Waals surface area contributed by atoms with Gasteiger partial charge in [-0.3, -0.25) is 0 Å². The fraction of sp³-hybridized carbons (Fsp3) is 0.381. The van der Waals surface area contributed by atoms with Gasteiger partial charge in [0.25, 0.3) is 0 Å². The van der Waals surface area contributed by atoms with Gasteiger partial charge in [-0.05, 0) is 73.3 Å². The molecule has 0 saturated carbocycles. The first-order valence-corrected chi connectivity index (χ1v) is 8.56. The topological polar surface area (TPSA) is 27.0 Å². The third-order valence-corrected chi connectivity index (χ3v) is 6.29. The number of likely N-dealkylation sites (tertiary alicyclic amines) is 1. The second kappa shape index (κ2) is 5.43. The Hall–Kier alpha value is -2.18. The minimum Gasteiger partial charge on any atom is -0.303 e. The van der Waals surface area contributed by atoms with Crippen LogP contribution in [0.4, 0.5) is 4.39 Å². The van der Waals surface area contributed by atoms with E-state index in [1.807, 2.05) is 18.2 Å². The molecule has 2 bridgehead atoms. The molecule has 1 aliphatic carbocycles. The highest BCUT2D eigenvalue weighted by molar-refractivity contribution is 5.52. The number of likely N-dealkylation sites (N-methyl/N-ethyl adjacent to an activating group) is 1. The monoisotopic (exact) mass is 320 g/mol. The number of hydrogen-bond acceptors (Lipinski definition) is 2. The van der Waals surface area contributed by atoms with Gasteiger partial charge in [0.1, 0.15) is 5.82 Å². The van der Waals surface area contributed by atoms with Crippen LogP contribution < -0.4 is 0 Å². The van der Waals surface area contributed by atoms with Crippen LogP contribution in [0.2, 0.25) is 0 Å². The van der Waals surface area contributed by atoms with Crippen LogP contribution in [0, 0.1) is 23.1 Å². The summed E-state index contributed by atoms with van der Waals surface area (Å²) in [5.74, 6) is 0.220. The zero-order chi connectivity index (χ0) is 16.9. The third-order valence-electron chi connectivity index (χ3n) is 6.29. The summed E-state index contributed by atoms with van der Waals surface area (Å²) in [6.07, 6.45) is 2.01. The van der Waals surface area contributed by atoms with Gasteiger partial charge in [0, 0.05) is 11.5 Å². The lowest BCUT2D eigenvalue weighted by Crippen LogP contribution is -2.58. The molecule has 0 amide bonds. The van der Waals surface area contributed by atoms with E-state index in [2.05, 4.69) is 37.1 Å². The van der Waals surface area contributed by atoms with Gasteiger partial charge in [0.05, 0.1) is 11.6 Å². The Labute approximate surface area is 142 Å². The average Bonchev–Trinajstić information content (AvgIpc) is 2.59. The Morgan fingerprint density at radius 3 is 2.67 bits per heavy atom. The van der Waals surface area contributed by atoms with Crippen LogP contribution in [-0.4, -0.2) is 24.5 Å². The first-order valence-electron chi connectivity index (χ1n) is 8.56. The van der Waals surface area contributed by atoms with Crippen molar-refractivity contribution in [2.45, 2.75) is 31.2 Å². The SMILES string of the molecule is CC1[C@@H]2Cc3ccc(C#N)cc3[C@@]1(c1ccc(F)cc1)CCN2C. The van der Waals surface area contributed by atoms with Crippen LogP contribution >= 0.6 is 0 Å². The minimum absolute atomic E-state index is 0.134. The van der Waals surface area contributed by atoms with E-state index >= 15 is 0 Å². The molecule has 4 rings (SSSR count). The Kier molecular flexibility index (Phi) is 3.47. The van der Waals surface area contributed by atoms with Crippen LogP contribution in [-0.2, 0) is 11.8 Å². The summed E-state index contributed by atoms with van der Waals surface area (Å²) >= 11 is 0. The van der Waals surface area contributed by atoms with Gasteiger partial charge in [-0.2, -0.15) is 5.26 Å². The Balaban J connectivity index is 1.99. The summed E-state index contributed by atoms with van der Waals surface area (Å²) in [6, 6.07) is 15.8. The number of halogens is 1. The lowest BCUT2D eigenvalue weighted by molar-refractivity contribution is 0.0615. The maximum Gasteiger partial charge on any atom is 0.123 e. The normalized spacial score (nSPS) is 28.9. The highest BCUT2D eigenvalue weighted by atomic mass is 19.1. The van der Waals surface area contributed by atoms with E-state index in [0.29, 0.717) is 17.5 Å². The molecule has 122 valence electrons. The molecule has 1 unspecified atom stereocenters. The zero-order valence-corrected chi connectivity index (χ0v) is 14.1. The summed E-state index contributed by atoms with van der Waals surface area (Å²) in [7, 11) is 2.20. The molecule has 3 atom stereocenters. The van der Waals surface area contributed by atoms with Gasteiger partial charge >= 0.3 is 0 Å². The highest BCUT2D eigenvalue weighted by Crippen LogP contribution is 2.52. The molecule has 1 aliphatic heterocycles. The van der Waals surface area contributed by atoms with Gasteiger partial charge in [-0.1, -0.05) is 25.1 Å². The lowest BCUT2D eigenvalue weighted by Gasteiger charge is -2.55. The summed E-state index contributed by atoms with van der Waals surface area (Å²) in [5, 5.41) is 9.36. The van der Waals surface area contributed by atoms with Gasteiger partial charge in [0.2, 0.25) is 0 Å². The van der Waals surface area contributed by atoms with Crippen LogP contribution in [0.15, 0.2) is 42.5 Å². The molecule has 2 nitrogen and oxygen atoms in total. The van der Waals surface area contributed by atoms with E-state index in [1.54, 1.807) is 12.1 Å². The van der Waals surface area contributed by atoms with Crippen molar-refractivity contribution in [3.63, 3.8) is 0 Å². The van der Waals surface area contributed by atoms with Gasteiger partial charge < -0.3 is 4.90 Å². The van der Waals surface area contributed by atoms with E-state index in [-0.39, 0.29) is 11.2 Å². The molecule has 1 saturated heterocycles. The van der Waals surface area contributed by atoms with Crippen molar-refractivity contribution in [2.24, 2.45) is 5.92 Å². The number of piperidine rings is 1. The molecule has 1 heterocycles. The number of nitrogens with zero attached hydrogens (tertiary/aromatic N) is 2. The molecule has 0 aromatic heterocycles. The van der Waals surface area contributed by atoms with Crippen LogP contribution in [0.5, 0.6) is 0 Å². The van der Waals surface area contributed by atoms with Crippen LogP contribution in [0.3, 0.4) is 0 Å². The molecule has 2 aromatic carbocycles. The third kappa shape index (κ3) is 2.03. The predicted octanol–water partition coefficient (Wildman–Crippen LogP) is 3.88. The van der Waals surface area contributed by atoms with Crippen molar-refractivity contribution in [2.75, 3.05) is 13.6 Å². The first-order chi connectivity index (χ1) is 11.6. The fourth-order valence-corrected chi connectivity index (χ4v) is 4.94. The van der Waals surface area contributed by atoms with Crippen LogP contribution in [0.25, 0.3) is 0 Å². The zero-order valence-electron chi connectivity index (χ0n) is 14.1. The van der Waals surface area contributed by atoms with Crippen molar-refractivity contribution in [1.82, 2.24) is 4.90 Å². The van der Waals surface area contributed by atoms with Crippen molar-refractivity contribution in [1.29, 1.82) is 5.26 Å². The summed E-state index contributed by atoms with van der Waals surface area (Å²) in [4.78, 5) is 2.45. The highest BCUT2D eigenvalue weighted by Gasteiger charge is 2.51. The molecule has 24 heavy (non-hydrogen) atoms. The van der Waals surface area contributed by atoms with E-state index < -0.39 is 0 Å². The minimum atomic E-state index is -0.200. The number of nitriles is 1. The van der Waals surface area contributed by atoms with E-state index in [0.717, 1.165) is 19.4 Å². The lowest BCUT2D eigenvalue weighted by atomic mass is 9.55. The van der Waals surface area contributed by atoms with Crippen molar-refractivity contribution in [3.8, 4) is 6.07 Å². The first kappa shape index (κ1) is 15.4. The second-order valence-corrected chi connectivity index (χ2v) is 7.25. The number of rotatable bonds is 1. The van der Waals surface area contributed by atoms with Crippen molar-refractivity contribution >= 4 is 0 Å². The summed E-state index contributed by atoms with van der Waals surface area (Å²) in [5.41, 5.74) is 4.34. The quantitative estimate of drug-likeness (QED) is 0.797. The van der Waals surface area contributed by atoms with E-state index in [4.69, 9.17) is 0 Å². The molecule has 2 aliphatic rings. The summed E-state index contributed by atoms with van der Waals surface area (Å²) < 4.78 is 13.5.